The summed E-state index contributed by atoms with van der Waals surface area (Å²) in [4.78, 5) is 4.28. The Morgan fingerprint density at radius 3 is 2.17 bits per heavy atom. The van der Waals surface area contributed by atoms with E-state index in [1.807, 2.05) is 45.2 Å². The number of hydrogen-bond acceptors (Lipinski definition) is 4. The summed E-state index contributed by atoms with van der Waals surface area (Å²) in [5.41, 5.74) is 18.2. The predicted octanol–water partition coefficient (Wildman–Crippen LogP) is 14.0. The lowest BCUT2D eigenvalue weighted by Gasteiger charge is -2.10. The smallest absolute Gasteiger partial charge is 0.0855 e. The quantitative estimate of drug-likeness (QED) is 0.0692. The molecule has 2 heterocycles. The van der Waals surface area contributed by atoms with Gasteiger partial charge in [-0.15, -0.1) is 17.9 Å². The summed E-state index contributed by atoms with van der Waals surface area (Å²) in [6.45, 7) is 11.6. The minimum Gasteiger partial charge on any atom is -0.312 e. The first-order valence-corrected chi connectivity index (χ1v) is 20.3. The minimum absolute atomic E-state index is 0.328. The molecule has 1 aliphatic rings. The molecule has 274 valence electrons. The van der Waals surface area contributed by atoms with Crippen molar-refractivity contribution < 1.29 is 0 Å². The number of fused-ring (bicyclic) bond motifs is 7. The molecule has 2 N–H and O–H groups in total. The highest BCUT2D eigenvalue weighted by Gasteiger charge is 2.25. The van der Waals surface area contributed by atoms with Crippen molar-refractivity contribution in [2.24, 2.45) is 10.7 Å². The largest absolute Gasteiger partial charge is 0.312 e. The SMILES string of the molecule is C/C=C\C=C/c1cc(-c2ccccc2)cc(-c2ccc3sc4c(ccc5c4c4c(n5-c5ccccc5)C=C(C/C=N\CN)C4)c3c2)c1.C=CC.CC.CS. The molecule has 0 bridgehead atoms. The Morgan fingerprint density at radius 2 is 1.48 bits per heavy atom. The fourth-order valence-electron chi connectivity index (χ4n) is 6.91. The molecule has 0 saturated carbocycles. The zero-order valence-corrected chi connectivity index (χ0v) is 33.8. The highest BCUT2D eigenvalue weighted by Crippen LogP contribution is 2.46. The number of nitrogens with two attached hydrogens (primary N) is 1. The summed E-state index contributed by atoms with van der Waals surface area (Å²) < 4.78 is 5.11. The Bertz CT molecular complexity index is 2440. The van der Waals surface area contributed by atoms with E-state index in [9.17, 15) is 0 Å². The average Bonchev–Trinajstić information content (AvgIpc) is 3.90. The van der Waals surface area contributed by atoms with E-state index in [2.05, 4.69) is 168 Å². The van der Waals surface area contributed by atoms with Gasteiger partial charge >= 0.3 is 0 Å². The third-order valence-corrected chi connectivity index (χ3v) is 10.2. The van der Waals surface area contributed by atoms with Crippen LogP contribution in [0.1, 0.15) is 50.9 Å². The Hall–Kier alpha value is -5.20. The summed E-state index contributed by atoms with van der Waals surface area (Å²) in [6.07, 6.45) is 17.9. The van der Waals surface area contributed by atoms with Crippen molar-refractivity contribution in [3.05, 3.63) is 162 Å². The van der Waals surface area contributed by atoms with Crippen LogP contribution in [0.15, 0.2) is 151 Å². The van der Waals surface area contributed by atoms with Gasteiger partial charge in [0.05, 0.1) is 17.9 Å². The fourth-order valence-corrected chi connectivity index (χ4v) is 8.17. The van der Waals surface area contributed by atoms with Crippen molar-refractivity contribution in [2.75, 3.05) is 12.9 Å². The molecule has 2 aromatic heterocycles. The first kappa shape index (κ1) is 40.0. The molecule has 0 unspecified atom stereocenters. The van der Waals surface area contributed by atoms with E-state index < -0.39 is 0 Å². The van der Waals surface area contributed by atoms with Crippen molar-refractivity contribution in [1.82, 2.24) is 4.57 Å². The fraction of sp³-hybridized carbons (Fsp3) is 0.163. The maximum Gasteiger partial charge on any atom is 0.0855 e. The molecule has 3 nitrogen and oxygen atoms in total. The molecule has 1 aliphatic carbocycles. The lowest BCUT2D eigenvalue weighted by Crippen LogP contribution is -1.96. The third-order valence-electron chi connectivity index (χ3n) is 9.05. The number of aromatic nitrogens is 1. The Kier molecular flexibility index (Phi) is 14.6. The van der Waals surface area contributed by atoms with E-state index in [-0.39, 0.29) is 0 Å². The van der Waals surface area contributed by atoms with Gasteiger partial charge in [-0.25, -0.2) is 0 Å². The van der Waals surface area contributed by atoms with Gasteiger partial charge in [0.15, 0.2) is 0 Å². The van der Waals surface area contributed by atoms with Crippen molar-refractivity contribution in [2.45, 2.75) is 40.5 Å². The van der Waals surface area contributed by atoms with E-state index in [0.29, 0.717) is 6.67 Å². The molecule has 5 heteroatoms. The number of nitrogens with zero attached hydrogens (tertiary/aromatic N) is 2. The summed E-state index contributed by atoms with van der Waals surface area (Å²) in [5, 5.41) is 3.99. The van der Waals surface area contributed by atoms with E-state index in [4.69, 9.17) is 5.73 Å². The van der Waals surface area contributed by atoms with Crippen LogP contribution in [0.2, 0.25) is 0 Å². The first-order chi connectivity index (χ1) is 26.6. The molecule has 7 aromatic rings. The van der Waals surface area contributed by atoms with Crippen LogP contribution in [0, 0.1) is 0 Å². The van der Waals surface area contributed by atoms with Crippen LogP contribution in [0.5, 0.6) is 0 Å². The number of thiol groups is 1. The van der Waals surface area contributed by atoms with Crippen LogP contribution in [0.25, 0.3) is 71.2 Å². The van der Waals surface area contributed by atoms with Crippen molar-refractivity contribution >= 4 is 73.4 Å². The average molecular weight is 746 g/mol. The molecule has 0 aliphatic heterocycles. The molecule has 0 fully saturated rings. The van der Waals surface area contributed by atoms with Crippen LogP contribution in [-0.2, 0) is 6.42 Å². The predicted molar refractivity (Wildman–Crippen MR) is 247 cm³/mol. The van der Waals surface area contributed by atoms with Gasteiger partial charge in [-0.3, -0.25) is 4.99 Å². The molecular formula is C49H51N3S2. The second-order valence-corrected chi connectivity index (χ2v) is 13.5. The standard InChI is InChI=1S/C43H35N3S.C3H6.C2H6.CH4S/c1-2-3-6-11-29-22-33(31-12-7-4-8-13-31)26-34(23-29)32-16-19-41-37(27-32)36-17-18-39-42(43(36)47-41)38-24-30(20-21-45-28-44)25-40(38)46(39)35-14-9-5-10-15-35;1-3-2;2*1-2/h2-19,21-23,25-27H,20,24,28,44H2,1H3;3H,1H2,2H3;1-2H3;2H,1H3/b3-2-,11-6-,45-21-;;;. The van der Waals surface area contributed by atoms with Gasteiger partial charge in [0.2, 0.25) is 0 Å². The second-order valence-electron chi connectivity index (χ2n) is 12.4. The highest BCUT2D eigenvalue weighted by atomic mass is 32.1. The van der Waals surface area contributed by atoms with Gasteiger partial charge in [-0.1, -0.05) is 110 Å². The Morgan fingerprint density at radius 1 is 0.796 bits per heavy atom. The van der Waals surface area contributed by atoms with Crippen LogP contribution in [-0.4, -0.2) is 23.7 Å². The molecule has 0 saturated heterocycles. The molecule has 8 rings (SSSR count). The summed E-state index contributed by atoms with van der Waals surface area (Å²) in [5.74, 6) is 0. The van der Waals surface area contributed by atoms with Crippen LogP contribution >= 0.6 is 24.0 Å². The second kappa shape index (κ2) is 19.8. The Labute approximate surface area is 331 Å². The zero-order chi connectivity index (χ0) is 38.5. The maximum atomic E-state index is 5.64. The van der Waals surface area contributed by atoms with E-state index in [1.54, 1.807) is 12.3 Å². The van der Waals surface area contributed by atoms with Gasteiger partial charge < -0.3 is 10.3 Å². The highest BCUT2D eigenvalue weighted by molar-refractivity contribution is 7.79. The number of rotatable bonds is 8. The van der Waals surface area contributed by atoms with Crippen molar-refractivity contribution in [3.8, 4) is 27.9 Å². The molecule has 54 heavy (non-hydrogen) atoms. The Balaban J connectivity index is 0.000000753. The number of allylic oxidation sites excluding steroid dienone is 5. The number of thiophene rings is 1. The molecule has 0 atom stereocenters. The lowest BCUT2D eigenvalue weighted by molar-refractivity contribution is 1.06. The van der Waals surface area contributed by atoms with E-state index in [0.717, 1.165) is 12.8 Å². The molecule has 0 amide bonds. The molecular weight excluding hydrogens is 695 g/mol. The lowest BCUT2D eigenvalue weighted by atomic mass is 9.95. The van der Waals surface area contributed by atoms with Crippen molar-refractivity contribution in [3.63, 3.8) is 0 Å². The van der Waals surface area contributed by atoms with E-state index in [1.165, 1.54) is 81.4 Å². The number of benzene rings is 5. The van der Waals surface area contributed by atoms with Crippen molar-refractivity contribution in [1.29, 1.82) is 0 Å². The molecule has 5 aromatic carbocycles. The molecule has 0 spiro atoms. The topological polar surface area (TPSA) is 43.3 Å². The van der Waals surface area contributed by atoms with Gasteiger partial charge in [0.1, 0.15) is 0 Å². The van der Waals surface area contributed by atoms with Crippen LogP contribution in [0.4, 0.5) is 0 Å². The number of para-hydroxylation sites is 1. The normalized spacial score (nSPS) is 12.0. The minimum atomic E-state index is 0.328. The van der Waals surface area contributed by atoms with Crippen LogP contribution < -0.4 is 5.73 Å². The third kappa shape index (κ3) is 8.61. The number of hydrogen-bond donors (Lipinski definition) is 2. The summed E-state index contributed by atoms with van der Waals surface area (Å²) >= 11 is 5.44. The number of aliphatic imine (C=N–C) groups is 1. The van der Waals surface area contributed by atoms with E-state index >= 15 is 0 Å². The van der Waals surface area contributed by atoms with Gasteiger partial charge in [0.25, 0.3) is 0 Å². The van der Waals surface area contributed by atoms with Crippen LogP contribution in [0.3, 0.4) is 0 Å². The van der Waals surface area contributed by atoms with Gasteiger partial charge in [-0.2, -0.15) is 12.6 Å². The zero-order valence-electron chi connectivity index (χ0n) is 32.1. The van der Waals surface area contributed by atoms with Gasteiger partial charge in [0, 0.05) is 43.9 Å². The maximum absolute atomic E-state index is 5.64. The summed E-state index contributed by atoms with van der Waals surface area (Å²) in [7, 11) is 0. The summed E-state index contributed by atoms with van der Waals surface area (Å²) in [6, 6.07) is 39.9. The molecule has 0 radical (unpaired) electrons. The first-order valence-electron chi connectivity index (χ1n) is 18.6. The monoisotopic (exact) mass is 745 g/mol. The van der Waals surface area contributed by atoms with Gasteiger partial charge in [-0.05, 0) is 115 Å².